The van der Waals surface area contributed by atoms with Gasteiger partial charge in [-0.05, 0) is 31.0 Å². The number of aryl methyl sites for hydroxylation is 1. The number of thiophene rings is 1. The molecule has 0 saturated heterocycles. The molecule has 14 heavy (non-hydrogen) atoms. The van der Waals surface area contributed by atoms with Crippen LogP contribution in [0.15, 0.2) is 12.1 Å². The standard InChI is InChI=1S/C12H21NS/c1-4-10(3)8-13-9-12-7-6-11(5-2)14-12/h6-7,10,13H,4-5,8-9H2,1-3H3. The molecule has 0 bridgehead atoms. The molecule has 2 heteroatoms. The van der Waals surface area contributed by atoms with Crippen LogP contribution in [0.5, 0.6) is 0 Å². The lowest BCUT2D eigenvalue weighted by Crippen LogP contribution is -2.19. The highest BCUT2D eigenvalue weighted by atomic mass is 32.1. The van der Waals surface area contributed by atoms with Crippen LogP contribution in [0, 0.1) is 5.92 Å². The minimum atomic E-state index is 0.792. The van der Waals surface area contributed by atoms with Crippen molar-refractivity contribution < 1.29 is 0 Å². The van der Waals surface area contributed by atoms with Crippen LogP contribution in [-0.4, -0.2) is 6.54 Å². The molecule has 0 spiro atoms. The molecule has 0 fully saturated rings. The molecule has 0 aliphatic rings. The van der Waals surface area contributed by atoms with Crippen LogP contribution in [0.2, 0.25) is 0 Å². The Hall–Kier alpha value is -0.340. The van der Waals surface area contributed by atoms with Gasteiger partial charge in [-0.25, -0.2) is 0 Å². The summed E-state index contributed by atoms with van der Waals surface area (Å²) < 4.78 is 0. The van der Waals surface area contributed by atoms with Crippen LogP contribution in [-0.2, 0) is 13.0 Å². The van der Waals surface area contributed by atoms with E-state index in [9.17, 15) is 0 Å². The van der Waals surface area contributed by atoms with E-state index in [-0.39, 0.29) is 0 Å². The number of hydrogen-bond acceptors (Lipinski definition) is 2. The van der Waals surface area contributed by atoms with Gasteiger partial charge in [-0.1, -0.05) is 27.2 Å². The van der Waals surface area contributed by atoms with Crippen LogP contribution in [0.25, 0.3) is 0 Å². The van der Waals surface area contributed by atoms with Gasteiger partial charge in [-0.2, -0.15) is 0 Å². The molecule has 1 unspecified atom stereocenters. The third kappa shape index (κ3) is 3.81. The summed E-state index contributed by atoms with van der Waals surface area (Å²) in [7, 11) is 0. The molecular weight excluding hydrogens is 190 g/mol. The van der Waals surface area contributed by atoms with Crippen LogP contribution >= 0.6 is 11.3 Å². The average Bonchev–Trinajstić information content (AvgIpc) is 2.65. The van der Waals surface area contributed by atoms with E-state index in [2.05, 4.69) is 38.2 Å². The van der Waals surface area contributed by atoms with Crippen molar-refractivity contribution >= 4 is 11.3 Å². The Bertz CT molecular complexity index is 255. The summed E-state index contributed by atoms with van der Waals surface area (Å²) in [5, 5.41) is 3.50. The van der Waals surface area contributed by atoms with Crippen molar-refractivity contribution in [2.24, 2.45) is 5.92 Å². The first-order valence-corrected chi connectivity index (χ1v) is 6.36. The van der Waals surface area contributed by atoms with Crippen molar-refractivity contribution in [3.8, 4) is 0 Å². The third-order valence-electron chi connectivity index (χ3n) is 2.55. The number of rotatable bonds is 6. The molecule has 1 rings (SSSR count). The minimum Gasteiger partial charge on any atom is -0.312 e. The zero-order valence-electron chi connectivity index (χ0n) is 9.47. The molecule has 0 saturated carbocycles. The molecule has 1 N–H and O–H groups in total. The summed E-state index contributed by atoms with van der Waals surface area (Å²) in [6, 6.07) is 4.48. The van der Waals surface area contributed by atoms with Crippen molar-refractivity contribution in [1.82, 2.24) is 5.32 Å². The van der Waals surface area contributed by atoms with E-state index in [0.717, 1.165) is 25.4 Å². The second-order valence-electron chi connectivity index (χ2n) is 3.87. The highest BCUT2D eigenvalue weighted by molar-refractivity contribution is 7.11. The quantitative estimate of drug-likeness (QED) is 0.760. The fourth-order valence-electron chi connectivity index (χ4n) is 1.29. The molecule has 1 aromatic heterocycles. The first-order valence-electron chi connectivity index (χ1n) is 5.54. The predicted molar refractivity (Wildman–Crippen MR) is 64.9 cm³/mol. The molecule has 0 radical (unpaired) electrons. The molecule has 0 aliphatic heterocycles. The smallest absolute Gasteiger partial charge is 0.0299 e. The van der Waals surface area contributed by atoms with Gasteiger partial charge in [-0.15, -0.1) is 11.3 Å². The van der Waals surface area contributed by atoms with Crippen molar-refractivity contribution in [2.45, 2.75) is 40.2 Å². The Morgan fingerprint density at radius 3 is 2.57 bits per heavy atom. The molecular formula is C12H21NS. The molecule has 1 heterocycles. The molecule has 80 valence electrons. The second kappa shape index (κ2) is 6.20. The zero-order chi connectivity index (χ0) is 10.4. The number of nitrogens with one attached hydrogen (secondary N) is 1. The fraction of sp³-hybridized carbons (Fsp3) is 0.667. The summed E-state index contributed by atoms with van der Waals surface area (Å²) in [6.07, 6.45) is 2.42. The van der Waals surface area contributed by atoms with Crippen LogP contribution < -0.4 is 5.32 Å². The van der Waals surface area contributed by atoms with Gasteiger partial charge >= 0.3 is 0 Å². The number of hydrogen-bond donors (Lipinski definition) is 1. The van der Waals surface area contributed by atoms with Crippen LogP contribution in [0.4, 0.5) is 0 Å². The zero-order valence-corrected chi connectivity index (χ0v) is 10.3. The Labute approximate surface area is 91.5 Å². The second-order valence-corrected chi connectivity index (χ2v) is 5.12. The Morgan fingerprint density at radius 1 is 1.29 bits per heavy atom. The maximum absolute atomic E-state index is 3.50. The third-order valence-corrected chi connectivity index (χ3v) is 3.78. The van der Waals surface area contributed by atoms with Gasteiger partial charge < -0.3 is 5.32 Å². The van der Waals surface area contributed by atoms with E-state index in [4.69, 9.17) is 0 Å². The monoisotopic (exact) mass is 211 g/mol. The summed E-state index contributed by atoms with van der Waals surface area (Å²) in [5.74, 6) is 0.792. The van der Waals surface area contributed by atoms with Gasteiger partial charge in [0.05, 0.1) is 0 Å². The Balaban J connectivity index is 2.24. The Morgan fingerprint density at radius 2 is 2.00 bits per heavy atom. The highest BCUT2D eigenvalue weighted by Gasteiger charge is 2.00. The lowest BCUT2D eigenvalue weighted by molar-refractivity contribution is 0.501. The molecule has 1 atom stereocenters. The van der Waals surface area contributed by atoms with Crippen molar-refractivity contribution in [1.29, 1.82) is 0 Å². The van der Waals surface area contributed by atoms with Gasteiger partial charge in [0.2, 0.25) is 0 Å². The summed E-state index contributed by atoms with van der Waals surface area (Å²) >= 11 is 1.93. The molecule has 1 aromatic rings. The maximum atomic E-state index is 3.50. The van der Waals surface area contributed by atoms with E-state index in [1.807, 2.05) is 11.3 Å². The van der Waals surface area contributed by atoms with Gasteiger partial charge in [-0.3, -0.25) is 0 Å². The normalized spacial score (nSPS) is 13.1. The first kappa shape index (κ1) is 11.7. The van der Waals surface area contributed by atoms with E-state index in [0.29, 0.717) is 0 Å². The SMILES string of the molecule is CCc1ccc(CNCC(C)CC)s1. The first-order chi connectivity index (χ1) is 6.76. The Kier molecular flexibility index (Phi) is 5.20. The molecule has 0 aromatic carbocycles. The van der Waals surface area contributed by atoms with E-state index < -0.39 is 0 Å². The van der Waals surface area contributed by atoms with E-state index in [1.54, 1.807) is 0 Å². The average molecular weight is 211 g/mol. The summed E-state index contributed by atoms with van der Waals surface area (Å²) in [6.45, 7) is 8.92. The fourth-order valence-corrected chi connectivity index (χ4v) is 2.22. The topological polar surface area (TPSA) is 12.0 Å². The van der Waals surface area contributed by atoms with Gasteiger partial charge in [0.25, 0.3) is 0 Å². The lowest BCUT2D eigenvalue weighted by Gasteiger charge is -2.08. The van der Waals surface area contributed by atoms with E-state index in [1.165, 1.54) is 16.2 Å². The van der Waals surface area contributed by atoms with E-state index >= 15 is 0 Å². The lowest BCUT2D eigenvalue weighted by atomic mass is 10.1. The summed E-state index contributed by atoms with van der Waals surface area (Å²) in [4.78, 5) is 2.95. The van der Waals surface area contributed by atoms with Gasteiger partial charge in [0, 0.05) is 16.3 Å². The van der Waals surface area contributed by atoms with Crippen LogP contribution in [0.3, 0.4) is 0 Å². The van der Waals surface area contributed by atoms with Crippen LogP contribution in [0.1, 0.15) is 36.9 Å². The van der Waals surface area contributed by atoms with Crippen molar-refractivity contribution in [3.05, 3.63) is 21.9 Å². The van der Waals surface area contributed by atoms with Crippen molar-refractivity contribution in [2.75, 3.05) is 6.54 Å². The molecule has 0 aliphatic carbocycles. The van der Waals surface area contributed by atoms with Crippen molar-refractivity contribution in [3.63, 3.8) is 0 Å². The predicted octanol–water partition coefficient (Wildman–Crippen LogP) is 3.45. The van der Waals surface area contributed by atoms with Gasteiger partial charge in [0.1, 0.15) is 0 Å². The maximum Gasteiger partial charge on any atom is 0.0299 e. The molecule has 1 nitrogen and oxygen atoms in total. The largest absolute Gasteiger partial charge is 0.312 e. The summed E-state index contributed by atoms with van der Waals surface area (Å²) in [5.41, 5.74) is 0. The minimum absolute atomic E-state index is 0.792. The van der Waals surface area contributed by atoms with Gasteiger partial charge in [0.15, 0.2) is 0 Å². The highest BCUT2D eigenvalue weighted by Crippen LogP contribution is 2.16. The molecule has 0 amide bonds.